The van der Waals surface area contributed by atoms with Gasteiger partial charge in [-0.3, -0.25) is 10.1 Å². The molecule has 0 bridgehead atoms. The van der Waals surface area contributed by atoms with E-state index in [1.165, 1.54) is 23.5 Å². The summed E-state index contributed by atoms with van der Waals surface area (Å²) in [6.45, 7) is 1.66. The van der Waals surface area contributed by atoms with E-state index in [2.05, 4.69) is 15.3 Å². The molecule has 3 N–H and O–H groups in total. The van der Waals surface area contributed by atoms with Gasteiger partial charge in [0.2, 0.25) is 0 Å². The first-order chi connectivity index (χ1) is 11.5. The van der Waals surface area contributed by atoms with Crippen LogP contribution in [0.15, 0.2) is 22.6 Å². The number of rotatable bonds is 6. The van der Waals surface area contributed by atoms with Gasteiger partial charge in [0.25, 0.3) is 0 Å². The van der Waals surface area contributed by atoms with Crippen molar-refractivity contribution in [2.75, 3.05) is 18.5 Å². The summed E-state index contributed by atoms with van der Waals surface area (Å²) in [7, 11) is 0. The molecular weight excluding hydrogens is 336 g/mol. The fraction of sp³-hybridized carbons (Fsp3) is 0.286. The number of furan rings is 1. The molecule has 0 aliphatic heterocycles. The van der Waals surface area contributed by atoms with E-state index < -0.39 is 11.0 Å². The second-order valence-corrected chi connectivity index (χ2v) is 6.34. The lowest BCUT2D eigenvalue weighted by molar-refractivity contribution is -0.401. The molecule has 1 unspecified atom stereocenters. The van der Waals surface area contributed by atoms with Crippen molar-refractivity contribution in [2.45, 2.75) is 13.0 Å². The zero-order valence-corrected chi connectivity index (χ0v) is 13.4. The maximum absolute atomic E-state index is 10.7. The standard InChI is InChI=1S/C14H14N4O5S/c1-7-4-9-12(24-7)14(15-5-8(20)6-19)17-13(16-9)10-2-3-11(23-10)18(21)22/h2-4,8,19-20H,5-6H2,1H3,(H,15,16,17). The van der Waals surface area contributed by atoms with Crippen LogP contribution in [-0.4, -0.2) is 44.4 Å². The van der Waals surface area contributed by atoms with Crippen molar-refractivity contribution in [3.8, 4) is 11.6 Å². The summed E-state index contributed by atoms with van der Waals surface area (Å²) in [6, 6.07) is 4.55. The molecule has 0 saturated heterocycles. The van der Waals surface area contributed by atoms with Gasteiger partial charge in [-0.2, -0.15) is 0 Å². The first kappa shape index (κ1) is 16.3. The second-order valence-electron chi connectivity index (χ2n) is 5.08. The van der Waals surface area contributed by atoms with Gasteiger partial charge < -0.3 is 19.9 Å². The highest BCUT2D eigenvalue weighted by atomic mass is 32.1. The highest BCUT2D eigenvalue weighted by Crippen LogP contribution is 2.32. The first-order valence-corrected chi connectivity index (χ1v) is 7.85. The number of aromatic nitrogens is 2. The van der Waals surface area contributed by atoms with Gasteiger partial charge in [-0.1, -0.05) is 0 Å². The molecule has 3 heterocycles. The third-order valence-electron chi connectivity index (χ3n) is 3.20. The van der Waals surface area contributed by atoms with Gasteiger partial charge in [-0.25, -0.2) is 9.97 Å². The number of hydrogen-bond donors (Lipinski definition) is 3. The number of fused-ring (bicyclic) bond motifs is 1. The van der Waals surface area contributed by atoms with Crippen molar-refractivity contribution in [1.29, 1.82) is 0 Å². The Balaban J connectivity index is 2.03. The molecule has 0 fully saturated rings. The molecule has 3 aromatic heterocycles. The minimum absolute atomic E-state index is 0.108. The Bertz CT molecular complexity index is 891. The fourth-order valence-electron chi connectivity index (χ4n) is 2.10. The molecule has 0 saturated carbocycles. The molecule has 9 nitrogen and oxygen atoms in total. The number of nitrogens with zero attached hydrogens (tertiary/aromatic N) is 3. The molecule has 0 aromatic carbocycles. The van der Waals surface area contributed by atoms with E-state index in [4.69, 9.17) is 9.52 Å². The summed E-state index contributed by atoms with van der Waals surface area (Å²) in [6.07, 6.45) is -0.927. The maximum atomic E-state index is 10.7. The van der Waals surface area contributed by atoms with E-state index in [-0.39, 0.29) is 30.6 Å². The molecule has 0 aliphatic rings. The summed E-state index contributed by atoms with van der Waals surface area (Å²) in [5.41, 5.74) is 0.669. The van der Waals surface area contributed by atoms with Crippen LogP contribution in [0.5, 0.6) is 0 Å². The van der Waals surface area contributed by atoms with Gasteiger partial charge in [0.15, 0.2) is 11.6 Å². The number of anilines is 1. The molecule has 10 heteroatoms. The lowest BCUT2D eigenvalue weighted by Crippen LogP contribution is -2.23. The second kappa shape index (κ2) is 6.51. The molecule has 126 valence electrons. The molecular formula is C14H14N4O5S. The van der Waals surface area contributed by atoms with Crippen LogP contribution in [0.2, 0.25) is 0 Å². The zero-order chi connectivity index (χ0) is 17.3. The summed E-state index contributed by atoms with van der Waals surface area (Å²) in [5, 5.41) is 32.1. The summed E-state index contributed by atoms with van der Waals surface area (Å²) in [4.78, 5) is 19.9. The third-order valence-corrected chi connectivity index (χ3v) is 4.25. The molecule has 0 aliphatic carbocycles. The smallest absolute Gasteiger partial charge is 0.397 e. The minimum Gasteiger partial charge on any atom is -0.397 e. The number of aryl methyl sites for hydroxylation is 1. The number of aliphatic hydroxyl groups excluding tert-OH is 2. The Morgan fingerprint density at radius 3 is 2.92 bits per heavy atom. The Kier molecular flexibility index (Phi) is 4.42. The Labute approximate surface area is 139 Å². The maximum Gasteiger partial charge on any atom is 0.433 e. The van der Waals surface area contributed by atoms with Crippen LogP contribution in [0, 0.1) is 17.0 Å². The quantitative estimate of drug-likeness (QED) is 0.453. The van der Waals surface area contributed by atoms with E-state index in [0.717, 1.165) is 9.58 Å². The topological polar surface area (TPSA) is 135 Å². The fourth-order valence-corrected chi connectivity index (χ4v) is 3.02. The van der Waals surface area contributed by atoms with Crippen LogP contribution in [0.4, 0.5) is 11.7 Å². The van der Waals surface area contributed by atoms with Crippen LogP contribution >= 0.6 is 11.3 Å². The molecule has 0 radical (unpaired) electrons. The highest BCUT2D eigenvalue weighted by molar-refractivity contribution is 7.19. The number of thiophene rings is 1. The molecule has 24 heavy (non-hydrogen) atoms. The average Bonchev–Trinajstić information content (AvgIpc) is 3.17. The Morgan fingerprint density at radius 2 is 2.25 bits per heavy atom. The Hall–Kier alpha value is -2.56. The van der Waals surface area contributed by atoms with E-state index in [9.17, 15) is 15.2 Å². The number of nitrogens with one attached hydrogen (secondary N) is 1. The normalized spacial score (nSPS) is 12.5. The molecule has 3 aromatic rings. The monoisotopic (exact) mass is 350 g/mol. The molecule has 3 rings (SSSR count). The van der Waals surface area contributed by atoms with Crippen molar-refractivity contribution in [3.63, 3.8) is 0 Å². The van der Waals surface area contributed by atoms with Crippen molar-refractivity contribution >= 4 is 33.3 Å². The number of nitro groups is 1. The molecule has 1 atom stereocenters. The van der Waals surface area contributed by atoms with E-state index in [1.54, 1.807) is 0 Å². The predicted molar refractivity (Wildman–Crippen MR) is 88.1 cm³/mol. The van der Waals surface area contributed by atoms with Gasteiger partial charge in [-0.15, -0.1) is 11.3 Å². The zero-order valence-electron chi connectivity index (χ0n) is 12.6. The van der Waals surface area contributed by atoms with Crippen molar-refractivity contribution < 1.29 is 19.6 Å². The van der Waals surface area contributed by atoms with Crippen LogP contribution in [0.25, 0.3) is 21.8 Å². The minimum atomic E-state index is -0.927. The molecule has 0 spiro atoms. The lowest BCUT2D eigenvalue weighted by atomic mass is 10.3. The summed E-state index contributed by atoms with van der Waals surface area (Å²) in [5.74, 6) is 0.465. The van der Waals surface area contributed by atoms with Crippen LogP contribution in [0.3, 0.4) is 0 Å². The largest absolute Gasteiger partial charge is 0.433 e. The lowest BCUT2D eigenvalue weighted by Gasteiger charge is -2.10. The average molecular weight is 350 g/mol. The first-order valence-electron chi connectivity index (χ1n) is 7.03. The van der Waals surface area contributed by atoms with Gasteiger partial charge in [0.05, 0.1) is 29.0 Å². The van der Waals surface area contributed by atoms with Crippen molar-refractivity contribution in [2.24, 2.45) is 0 Å². The van der Waals surface area contributed by atoms with Crippen molar-refractivity contribution in [1.82, 2.24) is 9.97 Å². The Morgan fingerprint density at radius 1 is 1.46 bits per heavy atom. The summed E-state index contributed by atoms with van der Waals surface area (Å²) >= 11 is 1.48. The SMILES string of the molecule is Cc1cc2nc(-c3ccc([N+](=O)[O-])o3)nc(NCC(O)CO)c2s1. The van der Waals surface area contributed by atoms with Gasteiger partial charge in [0.1, 0.15) is 10.7 Å². The summed E-state index contributed by atoms with van der Waals surface area (Å²) < 4.78 is 5.94. The highest BCUT2D eigenvalue weighted by Gasteiger charge is 2.18. The third kappa shape index (κ3) is 3.20. The van der Waals surface area contributed by atoms with E-state index in [0.29, 0.717) is 11.3 Å². The van der Waals surface area contributed by atoms with Gasteiger partial charge in [-0.05, 0) is 19.1 Å². The van der Waals surface area contributed by atoms with Crippen LogP contribution in [0.1, 0.15) is 4.88 Å². The van der Waals surface area contributed by atoms with Crippen molar-refractivity contribution in [3.05, 3.63) is 33.2 Å². The number of hydrogen-bond acceptors (Lipinski definition) is 9. The van der Waals surface area contributed by atoms with Gasteiger partial charge in [0, 0.05) is 11.4 Å². The number of aliphatic hydroxyl groups is 2. The van der Waals surface area contributed by atoms with E-state index >= 15 is 0 Å². The van der Waals surface area contributed by atoms with Crippen LogP contribution in [-0.2, 0) is 0 Å². The van der Waals surface area contributed by atoms with Gasteiger partial charge >= 0.3 is 5.88 Å². The van der Waals surface area contributed by atoms with E-state index in [1.807, 2.05) is 13.0 Å². The van der Waals surface area contributed by atoms with Crippen LogP contribution < -0.4 is 5.32 Å². The predicted octanol–water partition coefficient (Wildman–Crippen LogP) is 1.93. The molecule has 0 amide bonds.